The molecule has 1 aromatic heterocycles. The first kappa shape index (κ1) is 20.7. The Morgan fingerprint density at radius 3 is 1.76 bits per heavy atom. The number of thiophene rings is 1. The molecule has 0 aliphatic rings. The SMILES string of the molecule is CC.CC.COC(=O)c1scc(-c2ccccc2)c1-c1ccccc1. The normalized spacial score (nSPS) is 9.16. The maximum atomic E-state index is 12.0. The van der Waals surface area contributed by atoms with Gasteiger partial charge in [-0.3, -0.25) is 0 Å². The number of hydrogen-bond acceptors (Lipinski definition) is 3. The van der Waals surface area contributed by atoms with Crippen LogP contribution in [0.1, 0.15) is 37.4 Å². The van der Waals surface area contributed by atoms with Crippen LogP contribution in [-0.2, 0) is 4.74 Å². The van der Waals surface area contributed by atoms with E-state index in [4.69, 9.17) is 4.74 Å². The van der Waals surface area contributed by atoms with Crippen molar-refractivity contribution < 1.29 is 9.53 Å². The Hall–Kier alpha value is -2.39. The van der Waals surface area contributed by atoms with Crippen LogP contribution in [0.2, 0.25) is 0 Å². The van der Waals surface area contributed by atoms with Crippen molar-refractivity contribution in [2.75, 3.05) is 7.11 Å². The average Bonchev–Trinajstić information content (AvgIpc) is 3.17. The lowest BCUT2D eigenvalue weighted by atomic mass is 9.97. The van der Waals surface area contributed by atoms with Gasteiger partial charge in [0.25, 0.3) is 0 Å². The molecule has 0 amide bonds. The molecule has 0 radical (unpaired) electrons. The Balaban J connectivity index is 0.000000730. The summed E-state index contributed by atoms with van der Waals surface area (Å²) in [4.78, 5) is 12.7. The summed E-state index contributed by atoms with van der Waals surface area (Å²) in [6.45, 7) is 8.00. The number of rotatable bonds is 3. The Bertz CT molecular complexity index is 746. The third kappa shape index (κ3) is 5.04. The number of esters is 1. The molecular weight excluding hydrogens is 328 g/mol. The fourth-order valence-corrected chi connectivity index (χ4v) is 3.34. The highest BCUT2D eigenvalue weighted by Crippen LogP contribution is 2.39. The molecule has 0 atom stereocenters. The van der Waals surface area contributed by atoms with E-state index in [0.29, 0.717) is 4.88 Å². The average molecular weight is 355 g/mol. The van der Waals surface area contributed by atoms with Crippen molar-refractivity contribution in [3.8, 4) is 22.3 Å². The Morgan fingerprint density at radius 2 is 1.28 bits per heavy atom. The topological polar surface area (TPSA) is 26.3 Å². The highest BCUT2D eigenvalue weighted by atomic mass is 32.1. The van der Waals surface area contributed by atoms with Crippen LogP contribution < -0.4 is 0 Å². The summed E-state index contributed by atoms with van der Waals surface area (Å²) in [7, 11) is 1.42. The van der Waals surface area contributed by atoms with Crippen molar-refractivity contribution in [1.82, 2.24) is 0 Å². The van der Waals surface area contributed by atoms with Gasteiger partial charge in [0.15, 0.2) is 0 Å². The summed E-state index contributed by atoms with van der Waals surface area (Å²) in [6.07, 6.45) is 0. The van der Waals surface area contributed by atoms with E-state index in [1.54, 1.807) is 0 Å². The summed E-state index contributed by atoms with van der Waals surface area (Å²) in [5.41, 5.74) is 4.13. The first-order chi connectivity index (χ1) is 12.3. The first-order valence-electron chi connectivity index (χ1n) is 8.62. The maximum absolute atomic E-state index is 12.0. The predicted molar refractivity (Wildman–Crippen MR) is 109 cm³/mol. The van der Waals surface area contributed by atoms with Gasteiger partial charge in [-0.2, -0.15) is 0 Å². The van der Waals surface area contributed by atoms with Crippen LogP contribution >= 0.6 is 11.3 Å². The molecule has 0 aliphatic heterocycles. The fraction of sp³-hybridized carbons (Fsp3) is 0.227. The fourth-order valence-electron chi connectivity index (χ4n) is 2.32. The Labute approximate surface area is 155 Å². The van der Waals surface area contributed by atoms with Crippen molar-refractivity contribution >= 4 is 17.3 Å². The number of carbonyl (C=O) groups excluding carboxylic acids is 1. The van der Waals surface area contributed by atoms with Gasteiger partial charge in [0.05, 0.1) is 7.11 Å². The van der Waals surface area contributed by atoms with Crippen LogP contribution in [0.5, 0.6) is 0 Å². The molecule has 1 heterocycles. The molecule has 0 aliphatic carbocycles. The summed E-state index contributed by atoms with van der Waals surface area (Å²) in [5, 5.41) is 2.02. The molecule has 3 aromatic rings. The molecule has 0 fully saturated rings. The largest absolute Gasteiger partial charge is 0.465 e. The zero-order chi connectivity index (χ0) is 18.7. The minimum atomic E-state index is -0.291. The van der Waals surface area contributed by atoms with Crippen molar-refractivity contribution in [1.29, 1.82) is 0 Å². The molecule has 3 heteroatoms. The van der Waals surface area contributed by atoms with Gasteiger partial charge in [-0.25, -0.2) is 4.79 Å². The van der Waals surface area contributed by atoms with E-state index in [2.05, 4.69) is 12.1 Å². The third-order valence-electron chi connectivity index (χ3n) is 3.31. The monoisotopic (exact) mass is 354 g/mol. The Morgan fingerprint density at radius 1 is 0.800 bits per heavy atom. The van der Waals surface area contributed by atoms with Gasteiger partial charge in [0.1, 0.15) is 4.88 Å². The van der Waals surface area contributed by atoms with Gasteiger partial charge >= 0.3 is 5.97 Å². The van der Waals surface area contributed by atoms with Crippen molar-refractivity contribution in [3.63, 3.8) is 0 Å². The third-order valence-corrected chi connectivity index (χ3v) is 4.27. The van der Waals surface area contributed by atoms with Crippen LogP contribution in [0.4, 0.5) is 0 Å². The van der Waals surface area contributed by atoms with E-state index >= 15 is 0 Å². The van der Waals surface area contributed by atoms with E-state index in [0.717, 1.165) is 22.3 Å². The Kier molecular flexibility index (Phi) is 9.26. The minimum absolute atomic E-state index is 0.291. The van der Waals surface area contributed by atoms with Gasteiger partial charge in [0.2, 0.25) is 0 Å². The summed E-state index contributed by atoms with van der Waals surface area (Å²) in [6, 6.07) is 20.0. The van der Waals surface area contributed by atoms with Crippen LogP contribution in [0.3, 0.4) is 0 Å². The lowest BCUT2D eigenvalue weighted by molar-refractivity contribution is 0.0607. The number of hydrogen-bond donors (Lipinski definition) is 0. The molecule has 132 valence electrons. The number of ether oxygens (including phenoxy) is 1. The van der Waals surface area contributed by atoms with Crippen molar-refractivity contribution in [3.05, 3.63) is 70.9 Å². The molecule has 3 rings (SSSR count). The molecule has 2 nitrogen and oxygen atoms in total. The number of methoxy groups -OCH3 is 1. The molecule has 2 aromatic carbocycles. The quantitative estimate of drug-likeness (QED) is 0.477. The van der Waals surface area contributed by atoms with Crippen LogP contribution in [-0.4, -0.2) is 13.1 Å². The lowest BCUT2D eigenvalue weighted by Gasteiger charge is -2.07. The number of benzene rings is 2. The van der Waals surface area contributed by atoms with Crippen molar-refractivity contribution in [2.45, 2.75) is 27.7 Å². The highest BCUT2D eigenvalue weighted by Gasteiger charge is 2.20. The molecule has 0 spiro atoms. The highest BCUT2D eigenvalue weighted by molar-refractivity contribution is 7.13. The van der Waals surface area contributed by atoms with E-state index in [1.165, 1.54) is 18.4 Å². The number of carbonyl (C=O) groups is 1. The molecule has 0 bridgehead atoms. The minimum Gasteiger partial charge on any atom is -0.465 e. The summed E-state index contributed by atoms with van der Waals surface area (Å²) in [5.74, 6) is -0.291. The second-order valence-electron chi connectivity index (χ2n) is 4.58. The van der Waals surface area contributed by atoms with Crippen LogP contribution in [0, 0.1) is 0 Å². The van der Waals surface area contributed by atoms with E-state index in [1.807, 2.05) is 81.6 Å². The van der Waals surface area contributed by atoms with E-state index in [9.17, 15) is 4.79 Å². The smallest absolute Gasteiger partial charge is 0.348 e. The van der Waals surface area contributed by atoms with E-state index in [-0.39, 0.29) is 5.97 Å². The summed E-state index contributed by atoms with van der Waals surface area (Å²) >= 11 is 1.42. The van der Waals surface area contributed by atoms with Crippen LogP contribution in [0.25, 0.3) is 22.3 Å². The van der Waals surface area contributed by atoms with Crippen LogP contribution in [0.15, 0.2) is 66.0 Å². The zero-order valence-electron chi connectivity index (χ0n) is 15.6. The van der Waals surface area contributed by atoms with E-state index < -0.39 is 0 Å². The standard InChI is InChI=1S/C18H14O2S.2C2H6/c1-20-18(19)17-16(14-10-6-3-7-11-14)15(12-21-17)13-8-4-2-5-9-13;2*1-2/h2-12H,1H3;2*1-2H3. The first-order valence-corrected chi connectivity index (χ1v) is 9.50. The lowest BCUT2D eigenvalue weighted by Crippen LogP contribution is -2.00. The molecule has 0 unspecified atom stereocenters. The zero-order valence-corrected chi connectivity index (χ0v) is 16.4. The molecular formula is C22H26O2S. The van der Waals surface area contributed by atoms with Gasteiger partial charge in [-0.15, -0.1) is 11.3 Å². The maximum Gasteiger partial charge on any atom is 0.348 e. The second-order valence-corrected chi connectivity index (χ2v) is 5.46. The predicted octanol–water partition coefficient (Wildman–Crippen LogP) is 6.92. The molecule has 0 N–H and O–H groups in total. The van der Waals surface area contributed by atoms with Crippen molar-refractivity contribution in [2.24, 2.45) is 0 Å². The molecule has 0 saturated heterocycles. The second kappa shape index (κ2) is 11.2. The van der Waals surface area contributed by atoms with Gasteiger partial charge in [0, 0.05) is 16.5 Å². The summed E-state index contributed by atoms with van der Waals surface area (Å²) < 4.78 is 4.92. The van der Waals surface area contributed by atoms with Gasteiger partial charge < -0.3 is 4.74 Å². The molecule has 0 saturated carbocycles. The van der Waals surface area contributed by atoms with Gasteiger partial charge in [-0.1, -0.05) is 88.4 Å². The molecule has 25 heavy (non-hydrogen) atoms. The van der Waals surface area contributed by atoms with Gasteiger partial charge in [-0.05, 0) is 11.1 Å².